The molecular weight excluding hydrogens is 522 g/mol. The van der Waals surface area contributed by atoms with Crippen molar-refractivity contribution >= 4 is 40.4 Å². The third-order valence-electron chi connectivity index (χ3n) is 6.61. The highest BCUT2D eigenvalue weighted by Gasteiger charge is 2.40. The number of carbonyl (C=O) groups excluding carboxylic acids is 1. The number of likely N-dealkylation sites (tertiary alicyclic amines) is 1. The molecule has 1 amide bonds. The maximum Gasteiger partial charge on any atom is 0.336 e. The number of aliphatic carboxylic acids is 3. The van der Waals surface area contributed by atoms with Crippen molar-refractivity contribution in [1.29, 1.82) is 0 Å². The average molecular weight is 554 g/mol. The molecule has 1 saturated heterocycles. The van der Waals surface area contributed by atoms with Crippen molar-refractivity contribution in [3.05, 3.63) is 71.9 Å². The van der Waals surface area contributed by atoms with Gasteiger partial charge < -0.3 is 36.2 Å². The van der Waals surface area contributed by atoms with E-state index in [0.29, 0.717) is 24.3 Å². The molecule has 0 radical (unpaired) electrons. The summed E-state index contributed by atoms with van der Waals surface area (Å²) >= 11 is 0. The summed E-state index contributed by atoms with van der Waals surface area (Å²) < 4.78 is 0. The maximum atomic E-state index is 12.6. The van der Waals surface area contributed by atoms with Crippen LogP contribution in [-0.2, 0) is 19.2 Å². The van der Waals surface area contributed by atoms with E-state index >= 15 is 0 Å². The zero-order valence-electron chi connectivity index (χ0n) is 21.5. The predicted molar refractivity (Wildman–Crippen MR) is 143 cm³/mol. The van der Waals surface area contributed by atoms with Gasteiger partial charge in [-0.2, -0.15) is 0 Å². The lowest BCUT2D eigenvalue weighted by molar-refractivity contribution is -0.170. The quantitative estimate of drug-likeness (QED) is 0.237. The Morgan fingerprint density at radius 1 is 0.925 bits per heavy atom. The summed E-state index contributed by atoms with van der Waals surface area (Å²) in [5.41, 5.74) is 6.72. The van der Waals surface area contributed by atoms with E-state index in [4.69, 9.17) is 31.1 Å². The number of rotatable bonds is 8. The number of pyridine rings is 1. The highest BCUT2D eigenvalue weighted by atomic mass is 16.4. The lowest BCUT2D eigenvalue weighted by Crippen LogP contribution is -2.42. The van der Waals surface area contributed by atoms with Crippen molar-refractivity contribution < 1.29 is 44.7 Å². The van der Waals surface area contributed by atoms with Gasteiger partial charge in [0, 0.05) is 24.4 Å². The Hall–Kier alpha value is -4.55. The van der Waals surface area contributed by atoms with E-state index < -0.39 is 42.5 Å². The average Bonchev–Trinajstić information content (AvgIpc) is 2.92. The van der Waals surface area contributed by atoms with Crippen molar-refractivity contribution in [1.82, 2.24) is 9.88 Å². The zero-order valence-corrected chi connectivity index (χ0v) is 21.5. The molecule has 0 aliphatic carbocycles. The number of nitrogens with zero attached hydrogens (tertiary/aromatic N) is 2. The van der Waals surface area contributed by atoms with E-state index in [9.17, 15) is 24.3 Å². The number of amides is 1. The molecule has 1 aromatic heterocycles. The number of para-hydroxylation sites is 1. The van der Waals surface area contributed by atoms with Gasteiger partial charge in [0.15, 0.2) is 11.7 Å². The van der Waals surface area contributed by atoms with Crippen molar-refractivity contribution in [2.24, 2.45) is 0 Å². The van der Waals surface area contributed by atoms with Gasteiger partial charge in [0.1, 0.15) is 0 Å². The molecule has 40 heavy (non-hydrogen) atoms. The Labute approximate surface area is 229 Å². The number of aliphatic hydroxyl groups excluding tert-OH is 1. The van der Waals surface area contributed by atoms with Crippen molar-refractivity contribution in [3.63, 3.8) is 0 Å². The SMILES string of the molecule is Nc1cc2ccccc2nc1C1CCN(C(=O)C(O)c2ccccc2)CC1.O=C(O)CC(O)(CC(=O)O)C(=O)O. The summed E-state index contributed by atoms with van der Waals surface area (Å²) in [5.74, 6) is -5.03. The maximum absolute atomic E-state index is 12.6. The molecule has 1 aliphatic heterocycles. The standard InChI is InChI=1S/C22H23N3O2.C6H8O7/c23-18-14-17-8-4-5-9-19(17)24-20(18)15-10-12-25(13-11-15)22(27)21(26)16-6-2-1-3-7-16;7-3(8)1-6(13,5(11)12)2-4(9)10/h1-9,14-15,21,26H,10-13,23H2;13H,1-2H2,(H,7,8)(H,9,10)(H,11,12). The number of fused-ring (bicyclic) bond motifs is 1. The number of nitrogen functional groups attached to an aromatic ring is 1. The van der Waals surface area contributed by atoms with Crippen LogP contribution in [0.15, 0.2) is 60.7 Å². The third-order valence-corrected chi connectivity index (χ3v) is 6.61. The van der Waals surface area contributed by atoms with Gasteiger partial charge in [0.05, 0.1) is 29.7 Å². The van der Waals surface area contributed by atoms with E-state index in [1.54, 1.807) is 17.0 Å². The van der Waals surface area contributed by atoms with Crippen molar-refractivity contribution in [2.45, 2.75) is 43.3 Å². The van der Waals surface area contributed by atoms with Crippen LogP contribution >= 0.6 is 0 Å². The zero-order chi connectivity index (χ0) is 29.4. The van der Waals surface area contributed by atoms with E-state index in [-0.39, 0.29) is 11.8 Å². The Balaban J connectivity index is 0.000000289. The number of hydrogen-bond donors (Lipinski definition) is 6. The fourth-order valence-electron chi connectivity index (χ4n) is 4.51. The van der Waals surface area contributed by atoms with Crippen LogP contribution in [0.1, 0.15) is 49.0 Å². The molecule has 0 saturated carbocycles. The monoisotopic (exact) mass is 553 g/mol. The molecule has 2 heterocycles. The van der Waals surface area contributed by atoms with Crippen LogP contribution < -0.4 is 5.73 Å². The predicted octanol–water partition coefficient (Wildman–Crippen LogP) is 2.01. The summed E-state index contributed by atoms with van der Waals surface area (Å²) in [4.78, 5) is 49.6. The minimum Gasteiger partial charge on any atom is -0.481 e. The molecule has 1 aliphatic rings. The van der Waals surface area contributed by atoms with E-state index in [1.807, 2.05) is 48.5 Å². The number of aromatic nitrogens is 1. The smallest absolute Gasteiger partial charge is 0.336 e. The number of aliphatic hydroxyl groups is 2. The summed E-state index contributed by atoms with van der Waals surface area (Å²) in [6.45, 7) is 1.20. The first kappa shape index (κ1) is 30.0. The van der Waals surface area contributed by atoms with Crippen LogP contribution in [0.25, 0.3) is 10.9 Å². The lowest BCUT2D eigenvalue weighted by atomic mass is 9.91. The van der Waals surface area contributed by atoms with E-state index in [0.717, 1.165) is 29.4 Å². The molecule has 0 bridgehead atoms. The van der Waals surface area contributed by atoms with Crippen LogP contribution in [0.3, 0.4) is 0 Å². The molecule has 3 aromatic rings. The molecule has 12 nitrogen and oxygen atoms in total. The van der Waals surface area contributed by atoms with E-state index in [2.05, 4.69) is 0 Å². The number of carboxylic acid groups (broad SMARTS) is 3. The topological polar surface area (TPSA) is 212 Å². The summed E-state index contributed by atoms with van der Waals surface area (Å²) in [7, 11) is 0. The first-order chi connectivity index (χ1) is 18.9. The molecule has 2 aromatic carbocycles. The van der Waals surface area contributed by atoms with Crippen LogP contribution in [-0.4, -0.2) is 77.9 Å². The second-order valence-electron chi connectivity index (χ2n) is 9.55. The summed E-state index contributed by atoms with van der Waals surface area (Å²) in [5, 5.41) is 45.2. The highest BCUT2D eigenvalue weighted by Crippen LogP contribution is 2.33. The number of benzene rings is 2. The van der Waals surface area contributed by atoms with Gasteiger partial charge in [-0.1, -0.05) is 48.5 Å². The number of carbonyl (C=O) groups is 4. The van der Waals surface area contributed by atoms with Crippen LogP contribution in [0.4, 0.5) is 5.69 Å². The van der Waals surface area contributed by atoms with Gasteiger partial charge in [-0.15, -0.1) is 0 Å². The Morgan fingerprint density at radius 3 is 2.02 bits per heavy atom. The number of anilines is 1. The Kier molecular flexibility index (Phi) is 9.75. The first-order valence-electron chi connectivity index (χ1n) is 12.5. The molecule has 0 spiro atoms. The summed E-state index contributed by atoms with van der Waals surface area (Å²) in [6.07, 6.45) is -1.80. The molecule has 212 valence electrons. The molecule has 4 rings (SSSR count). The van der Waals surface area contributed by atoms with Crippen molar-refractivity contribution in [2.75, 3.05) is 18.8 Å². The minimum absolute atomic E-state index is 0.229. The van der Waals surface area contributed by atoms with Crippen molar-refractivity contribution in [3.8, 4) is 0 Å². The molecular formula is C28H31N3O9. The largest absolute Gasteiger partial charge is 0.481 e. The molecule has 7 N–H and O–H groups in total. The van der Waals surface area contributed by atoms with Gasteiger partial charge in [-0.05, 0) is 30.5 Å². The van der Waals surface area contributed by atoms with Gasteiger partial charge in [0.2, 0.25) is 0 Å². The summed E-state index contributed by atoms with van der Waals surface area (Å²) in [6, 6.07) is 19.0. The minimum atomic E-state index is -2.74. The van der Waals surface area contributed by atoms with Gasteiger partial charge >= 0.3 is 17.9 Å². The fourth-order valence-corrected chi connectivity index (χ4v) is 4.51. The fraction of sp³-hybridized carbons (Fsp3) is 0.321. The van der Waals surface area contributed by atoms with Crippen LogP contribution in [0, 0.1) is 0 Å². The second-order valence-corrected chi connectivity index (χ2v) is 9.55. The molecule has 1 unspecified atom stereocenters. The molecule has 1 atom stereocenters. The first-order valence-corrected chi connectivity index (χ1v) is 12.5. The number of hydrogen-bond acceptors (Lipinski definition) is 8. The van der Waals surface area contributed by atoms with Crippen LogP contribution in [0.2, 0.25) is 0 Å². The number of nitrogens with two attached hydrogens (primary N) is 1. The second kappa shape index (κ2) is 13.0. The highest BCUT2D eigenvalue weighted by molar-refractivity contribution is 5.88. The van der Waals surface area contributed by atoms with Gasteiger partial charge in [-0.3, -0.25) is 19.4 Å². The van der Waals surface area contributed by atoms with Gasteiger partial charge in [-0.25, -0.2) is 4.79 Å². The number of piperidine rings is 1. The normalized spacial score (nSPS) is 14.6. The van der Waals surface area contributed by atoms with E-state index in [1.165, 1.54) is 0 Å². The van der Waals surface area contributed by atoms with Crippen LogP contribution in [0.5, 0.6) is 0 Å². The Bertz CT molecular complexity index is 1360. The Morgan fingerprint density at radius 2 is 1.48 bits per heavy atom. The lowest BCUT2D eigenvalue weighted by Gasteiger charge is -2.33. The third kappa shape index (κ3) is 7.52. The van der Waals surface area contributed by atoms with Gasteiger partial charge in [0.25, 0.3) is 5.91 Å². The molecule has 12 heteroatoms. The number of carboxylic acids is 3. The molecule has 1 fully saturated rings.